The summed E-state index contributed by atoms with van der Waals surface area (Å²) in [7, 11) is 3.80. The van der Waals surface area contributed by atoms with Crippen molar-refractivity contribution in [2.45, 2.75) is 25.8 Å². The predicted molar refractivity (Wildman–Crippen MR) is 123 cm³/mol. The maximum absolute atomic E-state index is 12.8. The highest BCUT2D eigenvalue weighted by Crippen LogP contribution is 2.28. The molecule has 9 heteroatoms. The number of carbonyl (C=O) groups is 1. The quantitative estimate of drug-likeness (QED) is 0.532. The van der Waals surface area contributed by atoms with Crippen LogP contribution in [-0.2, 0) is 4.79 Å². The summed E-state index contributed by atoms with van der Waals surface area (Å²) < 4.78 is 3.63. The van der Waals surface area contributed by atoms with E-state index in [9.17, 15) is 9.59 Å². The summed E-state index contributed by atoms with van der Waals surface area (Å²) in [5.41, 5.74) is 5.52. The molecule has 1 aliphatic heterocycles. The van der Waals surface area contributed by atoms with Gasteiger partial charge >= 0.3 is 5.69 Å². The van der Waals surface area contributed by atoms with Gasteiger partial charge in [0.25, 0.3) is 0 Å². The van der Waals surface area contributed by atoms with E-state index in [4.69, 9.17) is 0 Å². The van der Waals surface area contributed by atoms with Crippen LogP contribution in [0.3, 0.4) is 0 Å². The van der Waals surface area contributed by atoms with Gasteiger partial charge in [-0.1, -0.05) is 6.07 Å². The number of likely N-dealkylation sites (N-methyl/N-ethyl adjacent to an activating group) is 1. The topological polar surface area (TPSA) is 91.5 Å². The van der Waals surface area contributed by atoms with Crippen molar-refractivity contribution in [3.05, 3.63) is 52.8 Å². The summed E-state index contributed by atoms with van der Waals surface area (Å²) >= 11 is 0. The molecule has 0 bridgehead atoms. The van der Waals surface area contributed by atoms with Gasteiger partial charge in [0.05, 0.1) is 17.6 Å². The SMILES string of the molecule is Cc1cc(-c2ccc3c(c2)[nH]c(=O)n3C2CCN(C(=O)CN(C)C)CC2)cn2ncnc12. The first kappa shape index (κ1) is 20.4. The average Bonchev–Trinajstić information content (AvgIpc) is 3.36. The summed E-state index contributed by atoms with van der Waals surface area (Å²) in [5, 5.41) is 4.25. The van der Waals surface area contributed by atoms with E-state index in [2.05, 4.69) is 21.1 Å². The number of benzene rings is 1. The van der Waals surface area contributed by atoms with Gasteiger partial charge in [-0.15, -0.1) is 0 Å². The molecule has 0 unspecified atom stereocenters. The van der Waals surface area contributed by atoms with Crippen molar-refractivity contribution in [3.63, 3.8) is 0 Å². The van der Waals surface area contributed by atoms with Crippen LogP contribution in [0.5, 0.6) is 0 Å². The molecule has 3 aromatic heterocycles. The Morgan fingerprint density at radius 2 is 1.97 bits per heavy atom. The molecule has 0 radical (unpaired) electrons. The molecule has 5 rings (SSSR count). The Kier molecular flexibility index (Phi) is 5.05. The molecule has 4 aromatic rings. The van der Waals surface area contributed by atoms with Gasteiger partial charge in [0.1, 0.15) is 6.33 Å². The van der Waals surface area contributed by atoms with E-state index in [1.54, 1.807) is 10.8 Å². The zero-order chi connectivity index (χ0) is 22.4. The predicted octanol–water partition coefficient (Wildman–Crippen LogP) is 2.07. The van der Waals surface area contributed by atoms with Gasteiger partial charge in [-0.3, -0.25) is 9.36 Å². The highest BCUT2D eigenvalue weighted by molar-refractivity contribution is 5.82. The van der Waals surface area contributed by atoms with Crippen LogP contribution in [0.25, 0.3) is 27.8 Å². The summed E-state index contributed by atoms with van der Waals surface area (Å²) in [6.45, 7) is 3.78. The van der Waals surface area contributed by atoms with Crippen LogP contribution in [0.15, 0.2) is 41.6 Å². The minimum Gasteiger partial charge on any atom is -0.341 e. The van der Waals surface area contributed by atoms with Crippen LogP contribution >= 0.6 is 0 Å². The molecule has 1 aromatic carbocycles. The molecule has 4 heterocycles. The van der Waals surface area contributed by atoms with E-state index < -0.39 is 0 Å². The second-order valence-corrected chi connectivity index (χ2v) is 8.82. The van der Waals surface area contributed by atoms with Gasteiger partial charge < -0.3 is 14.8 Å². The fourth-order valence-corrected chi connectivity index (χ4v) is 4.67. The van der Waals surface area contributed by atoms with E-state index in [0.717, 1.165) is 46.2 Å². The van der Waals surface area contributed by atoms with Gasteiger partial charge in [-0.2, -0.15) is 5.10 Å². The number of amides is 1. The van der Waals surface area contributed by atoms with E-state index in [1.807, 2.05) is 59.8 Å². The Labute approximate surface area is 185 Å². The second kappa shape index (κ2) is 7.90. The number of hydrogen-bond acceptors (Lipinski definition) is 5. The molecule has 0 aliphatic carbocycles. The molecular weight excluding hydrogens is 406 g/mol. The van der Waals surface area contributed by atoms with Crippen LogP contribution in [0, 0.1) is 6.92 Å². The summed E-state index contributed by atoms with van der Waals surface area (Å²) in [4.78, 5) is 36.3. The molecule has 1 aliphatic rings. The van der Waals surface area contributed by atoms with Gasteiger partial charge in [-0.05, 0) is 63.2 Å². The standard InChI is InChI=1S/C23H27N7O2/c1-15-10-17(12-29-22(15)24-14-25-29)16-4-5-20-19(11-16)26-23(32)30(20)18-6-8-28(9-7-18)21(31)13-27(2)3/h4-5,10-12,14,18H,6-9,13H2,1-3H3,(H,26,32). The van der Waals surface area contributed by atoms with Crippen LogP contribution in [0.4, 0.5) is 0 Å². The third-order valence-electron chi connectivity index (χ3n) is 6.24. The lowest BCUT2D eigenvalue weighted by atomic mass is 10.0. The lowest BCUT2D eigenvalue weighted by molar-refractivity contribution is -0.133. The number of aromatic amines is 1. The van der Waals surface area contributed by atoms with Gasteiger partial charge in [0, 0.05) is 30.9 Å². The third-order valence-corrected chi connectivity index (χ3v) is 6.24. The molecular formula is C23H27N7O2. The molecule has 0 atom stereocenters. The highest BCUT2D eigenvalue weighted by atomic mass is 16.2. The zero-order valence-corrected chi connectivity index (χ0v) is 18.6. The molecule has 0 saturated carbocycles. The normalized spacial score (nSPS) is 15.3. The first-order valence-electron chi connectivity index (χ1n) is 10.9. The van der Waals surface area contributed by atoms with Gasteiger partial charge in [-0.25, -0.2) is 14.3 Å². The number of hydrogen-bond donors (Lipinski definition) is 1. The van der Waals surface area contributed by atoms with Crippen molar-refractivity contribution in [2.24, 2.45) is 0 Å². The number of imidazole rings is 1. The fourth-order valence-electron chi connectivity index (χ4n) is 4.67. The van der Waals surface area contributed by atoms with Crippen molar-refractivity contribution >= 4 is 22.6 Å². The summed E-state index contributed by atoms with van der Waals surface area (Å²) in [6.07, 6.45) is 5.05. The maximum atomic E-state index is 12.8. The van der Waals surface area contributed by atoms with Crippen LogP contribution < -0.4 is 5.69 Å². The Hall–Kier alpha value is -3.46. The Morgan fingerprint density at radius 1 is 1.19 bits per heavy atom. The number of nitrogens with zero attached hydrogens (tertiary/aromatic N) is 6. The number of carbonyl (C=O) groups excluding carboxylic acids is 1. The second-order valence-electron chi connectivity index (χ2n) is 8.82. The number of piperidine rings is 1. The molecule has 1 N–H and O–H groups in total. The number of fused-ring (bicyclic) bond motifs is 2. The smallest absolute Gasteiger partial charge is 0.326 e. The van der Waals surface area contributed by atoms with E-state index in [0.29, 0.717) is 19.6 Å². The first-order chi connectivity index (χ1) is 15.4. The monoisotopic (exact) mass is 433 g/mol. The van der Waals surface area contributed by atoms with Crippen LogP contribution in [-0.4, -0.2) is 73.6 Å². The lowest BCUT2D eigenvalue weighted by Gasteiger charge is -2.33. The van der Waals surface area contributed by atoms with Crippen molar-refractivity contribution in [3.8, 4) is 11.1 Å². The Balaban J connectivity index is 1.42. The minimum absolute atomic E-state index is 0.0826. The zero-order valence-electron chi connectivity index (χ0n) is 18.6. The number of likely N-dealkylation sites (tertiary alicyclic amines) is 1. The molecule has 1 amide bonds. The lowest BCUT2D eigenvalue weighted by Crippen LogP contribution is -2.43. The molecule has 32 heavy (non-hydrogen) atoms. The molecule has 9 nitrogen and oxygen atoms in total. The molecule has 0 spiro atoms. The first-order valence-corrected chi connectivity index (χ1v) is 10.9. The van der Waals surface area contributed by atoms with Crippen molar-refractivity contribution in [1.29, 1.82) is 0 Å². The van der Waals surface area contributed by atoms with Crippen molar-refractivity contribution in [2.75, 3.05) is 33.7 Å². The number of H-pyrrole nitrogens is 1. The van der Waals surface area contributed by atoms with Crippen LogP contribution in [0.2, 0.25) is 0 Å². The number of aromatic nitrogens is 5. The largest absolute Gasteiger partial charge is 0.341 e. The molecule has 166 valence electrons. The maximum Gasteiger partial charge on any atom is 0.326 e. The minimum atomic E-state index is -0.0990. The number of rotatable bonds is 4. The van der Waals surface area contributed by atoms with Gasteiger partial charge in [0.15, 0.2) is 5.65 Å². The number of pyridine rings is 1. The van der Waals surface area contributed by atoms with E-state index in [-0.39, 0.29) is 17.6 Å². The summed E-state index contributed by atoms with van der Waals surface area (Å²) in [6, 6.07) is 8.23. The Bertz CT molecular complexity index is 1360. The summed E-state index contributed by atoms with van der Waals surface area (Å²) in [5.74, 6) is 0.143. The van der Waals surface area contributed by atoms with Crippen molar-refractivity contribution < 1.29 is 4.79 Å². The Morgan fingerprint density at radius 3 is 2.72 bits per heavy atom. The average molecular weight is 434 g/mol. The van der Waals surface area contributed by atoms with E-state index in [1.165, 1.54) is 0 Å². The van der Waals surface area contributed by atoms with E-state index >= 15 is 0 Å². The highest BCUT2D eigenvalue weighted by Gasteiger charge is 2.26. The van der Waals surface area contributed by atoms with Crippen molar-refractivity contribution in [1.82, 2.24) is 33.9 Å². The number of aryl methyl sites for hydroxylation is 1. The van der Waals surface area contributed by atoms with Crippen LogP contribution in [0.1, 0.15) is 24.4 Å². The molecule has 1 saturated heterocycles. The molecule has 1 fully saturated rings. The number of nitrogens with one attached hydrogen (secondary N) is 1. The third kappa shape index (κ3) is 3.58. The van der Waals surface area contributed by atoms with Gasteiger partial charge in [0.2, 0.25) is 5.91 Å². The fraction of sp³-hybridized carbons (Fsp3) is 0.391.